The molecule has 2 N–H and O–H groups in total. The summed E-state index contributed by atoms with van der Waals surface area (Å²) in [6.45, 7) is 4.22. The molecule has 1 saturated heterocycles. The summed E-state index contributed by atoms with van der Waals surface area (Å²) < 4.78 is 5.67. The predicted molar refractivity (Wildman–Crippen MR) is 130 cm³/mol. The Morgan fingerprint density at radius 1 is 1.16 bits per heavy atom. The fraction of sp³-hybridized carbons (Fsp3) is 0.522. The summed E-state index contributed by atoms with van der Waals surface area (Å²) in [6, 6.07) is 7.97. The van der Waals surface area contributed by atoms with Crippen LogP contribution in [-0.4, -0.2) is 49.4 Å². The molecule has 8 heteroatoms. The van der Waals surface area contributed by atoms with Crippen LogP contribution in [0.15, 0.2) is 41.4 Å². The molecular weight excluding hydrogens is 507 g/mol. The molecule has 0 aromatic heterocycles. The summed E-state index contributed by atoms with van der Waals surface area (Å²) in [5.41, 5.74) is 1.09. The van der Waals surface area contributed by atoms with Gasteiger partial charge in [-0.3, -0.25) is 19.5 Å². The van der Waals surface area contributed by atoms with E-state index in [9.17, 15) is 9.59 Å². The maximum atomic E-state index is 12.7. The number of halogens is 1. The number of hydrogen-bond acceptors (Lipinski definition) is 4. The van der Waals surface area contributed by atoms with Crippen molar-refractivity contribution in [3.05, 3.63) is 42.0 Å². The molecule has 31 heavy (non-hydrogen) atoms. The number of guanidine groups is 1. The number of carbonyl (C=O) groups excluding carboxylic acids is 2. The van der Waals surface area contributed by atoms with Crippen molar-refractivity contribution in [2.45, 2.75) is 26.3 Å². The molecule has 3 aliphatic rings. The second-order valence-electron chi connectivity index (χ2n) is 8.18. The summed E-state index contributed by atoms with van der Waals surface area (Å²) >= 11 is 0. The van der Waals surface area contributed by atoms with E-state index in [1.54, 1.807) is 7.05 Å². The number of amides is 2. The number of nitrogens with zero attached hydrogens (tertiary/aromatic N) is 2. The van der Waals surface area contributed by atoms with Crippen LogP contribution in [0.2, 0.25) is 0 Å². The van der Waals surface area contributed by atoms with E-state index in [2.05, 4.69) is 34.7 Å². The van der Waals surface area contributed by atoms with Crippen molar-refractivity contribution in [3.63, 3.8) is 0 Å². The van der Waals surface area contributed by atoms with Crippen molar-refractivity contribution in [3.8, 4) is 5.75 Å². The van der Waals surface area contributed by atoms with Crippen LogP contribution >= 0.6 is 24.0 Å². The lowest BCUT2D eigenvalue weighted by Gasteiger charge is -2.18. The third-order valence-corrected chi connectivity index (χ3v) is 6.24. The van der Waals surface area contributed by atoms with Crippen LogP contribution in [0.25, 0.3) is 0 Å². The highest BCUT2D eigenvalue weighted by Gasteiger charge is 2.58. The first-order valence-corrected chi connectivity index (χ1v) is 10.8. The minimum atomic E-state index is -0.132. The van der Waals surface area contributed by atoms with Gasteiger partial charge in [0.25, 0.3) is 0 Å². The lowest BCUT2D eigenvalue weighted by Crippen LogP contribution is -2.43. The Labute approximate surface area is 200 Å². The molecule has 2 fully saturated rings. The number of nitrogens with one attached hydrogen (secondary N) is 2. The highest BCUT2D eigenvalue weighted by Crippen LogP contribution is 2.52. The topological polar surface area (TPSA) is 83.0 Å². The molecule has 0 radical (unpaired) electrons. The molecule has 4 unspecified atom stereocenters. The molecule has 1 aromatic rings. The largest absolute Gasteiger partial charge is 0.494 e. The van der Waals surface area contributed by atoms with E-state index in [1.807, 2.05) is 24.3 Å². The zero-order valence-electron chi connectivity index (χ0n) is 18.0. The Kier molecular flexibility index (Phi) is 7.96. The van der Waals surface area contributed by atoms with Gasteiger partial charge in [0.05, 0.1) is 18.4 Å². The lowest BCUT2D eigenvalue weighted by molar-refractivity contribution is -0.140. The summed E-state index contributed by atoms with van der Waals surface area (Å²) in [5.74, 6) is 1.72. The van der Waals surface area contributed by atoms with Crippen LogP contribution < -0.4 is 15.4 Å². The number of benzene rings is 1. The fourth-order valence-corrected chi connectivity index (χ4v) is 4.84. The van der Waals surface area contributed by atoms with Gasteiger partial charge in [-0.25, -0.2) is 0 Å². The average molecular weight is 538 g/mol. The van der Waals surface area contributed by atoms with Gasteiger partial charge >= 0.3 is 0 Å². The van der Waals surface area contributed by atoms with E-state index in [0.29, 0.717) is 32.2 Å². The number of fused-ring (bicyclic) bond motifs is 5. The molecule has 168 valence electrons. The van der Waals surface area contributed by atoms with E-state index in [-0.39, 0.29) is 59.5 Å². The standard InChI is InChI=1S/C23H30N4O3.HI/c1-3-11-30-18-6-4-5-15(12-18)14-26-23(24-2)25-9-10-27-21(28)19-16-7-8-17(13-16)20(19)22(27)29;/h4-8,12,16-17,19-20H,3,9-11,13-14H2,1-2H3,(H2,24,25,26);1H. The van der Waals surface area contributed by atoms with Crippen molar-refractivity contribution >= 4 is 41.8 Å². The molecule has 1 saturated carbocycles. The smallest absolute Gasteiger partial charge is 0.233 e. The van der Waals surface area contributed by atoms with E-state index in [1.165, 1.54) is 4.90 Å². The van der Waals surface area contributed by atoms with Gasteiger partial charge in [0, 0.05) is 26.7 Å². The number of likely N-dealkylation sites (tertiary alicyclic amines) is 1. The Balaban J connectivity index is 0.00000272. The highest BCUT2D eigenvalue weighted by atomic mass is 127. The van der Waals surface area contributed by atoms with E-state index >= 15 is 0 Å². The quantitative estimate of drug-likeness (QED) is 0.175. The van der Waals surface area contributed by atoms with Gasteiger partial charge in [-0.15, -0.1) is 24.0 Å². The Hall–Kier alpha value is -2.10. The van der Waals surface area contributed by atoms with Crippen LogP contribution in [0.3, 0.4) is 0 Å². The Morgan fingerprint density at radius 3 is 2.52 bits per heavy atom. The maximum absolute atomic E-state index is 12.7. The van der Waals surface area contributed by atoms with Crippen LogP contribution in [0.5, 0.6) is 5.75 Å². The van der Waals surface area contributed by atoms with Gasteiger partial charge in [0.2, 0.25) is 11.8 Å². The molecule has 2 amide bonds. The number of allylic oxidation sites excluding steroid dienone is 2. The molecule has 4 rings (SSSR count). The van der Waals surface area contributed by atoms with Crippen LogP contribution in [-0.2, 0) is 16.1 Å². The molecular formula is C23H31IN4O3. The van der Waals surface area contributed by atoms with Crippen molar-refractivity contribution < 1.29 is 14.3 Å². The fourth-order valence-electron chi connectivity index (χ4n) is 4.84. The number of hydrogen-bond donors (Lipinski definition) is 2. The van der Waals surface area contributed by atoms with Crippen LogP contribution in [0.4, 0.5) is 0 Å². The minimum Gasteiger partial charge on any atom is -0.494 e. The van der Waals surface area contributed by atoms with Gasteiger partial charge in [-0.05, 0) is 42.4 Å². The van der Waals surface area contributed by atoms with Crippen LogP contribution in [0, 0.1) is 23.7 Å². The third-order valence-electron chi connectivity index (χ3n) is 6.24. The van der Waals surface area contributed by atoms with Crippen molar-refractivity contribution in [1.29, 1.82) is 0 Å². The molecule has 2 aliphatic carbocycles. The van der Waals surface area contributed by atoms with E-state index in [4.69, 9.17) is 4.74 Å². The minimum absolute atomic E-state index is 0. The zero-order valence-corrected chi connectivity index (χ0v) is 20.4. The van der Waals surface area contributed by atoms with E-state index in [0.717, 1.165) is 24.2 Å². The second-order valence-corrected chi connectivity index (χ2v) is 8.18. The number of imide groups is 1. The molecule has 7 nitrogen and oxygen atoms in total. The monoisotopic (exact) mass is 538 g/mol. The number of carbonyl (C=O) groups is 2. The number of aliphatic imine (C=N–C) groups is 1. The highest BCUT2D eigenvalue weighted by molar-refractivity contribution is 14.0. The first-order chi connectivity index (χ1) is 14.6. The SMILES string of the molecule is CCCOc1cccc(CNC(=NC)NCCN2C(=O)C3C4C=CC(C4)C3C2=O)c1.I. The van der Waals surface area contributed by atoms with Gasteiger partial charge < -0.3 is 15.4 Å². The normalized spacial score (nSPS) is 26.1. The summed E-state index contributed by atoms with van der Waals surface area (Å²) in [7, 11) is 1.70. The molecule has 1 aliphatic heterocycles. The van der Waals surface area contributed by atoms with Crippen molar-refractivity contribution in [2.24, 2.45) is 28.7 Å². The predicted octanol–water partition coefficient (Wildman–Crippen LogP) is 2.57. The van der Waals surface area contributed by atoms with Crippen LogP contribution in [0.1, 0.15) is 25.3 Å². The number of ether oxygens (including phenoxy) is 1. The van der Waals surface area contributed by atoms with E-state index < -0.39 is 0 Å². The zero-order chi connectivity index (χ0) is 21.1. The summed E-state index contributed by atoms with van der Waals surface area (Å²) in [6.07, 6.45) is 6.17. The summed E-state index contributed by atoms with van der Waals surface area (Å²) in [4.78, 5) is 31.1. The molecule has 2 bridgehead atoms. The maximum Gasteiger partial charge on any atom is 0.233 e. The van der Waals surface area contributed by atoms with Gasteiger partial charge in [-0.2, -0.15) is 0 Å². The average Bonchev–Trinajstić information content (AvgIpc) is 3.44. The van der Waals surface area contributed by atoms with Gasteiger partial charge in [0.1, 0.15) is 5.75 Å². The molecule has 1 aromatic carbocycles. The van der Waals surface area contributed by atoms with Gasteiger partial charge in [-0.1, -0.05) is 31.2 Å². The van der Waals surface area contributed by atoms with Crippen molar-refractivity contribution in [2.75, 3.05) is 26.7 Å². The first-order valence-electron chi connectivity index (χ1n) is 10.8. The van der Waals surface area contributed by atoms with Crippen molar-refractivity contribution in [1.82, 2.24) is 15.5 Å². The number of rotatable bonds is 8. The Bertz CT molecular complexity index is 842. The van der Waals surface area contributed by atoms with Gasteiger partial charge in [0.15, 0.2) is 5.96 Å². The first kappa shape index (κ1) is 23.6. The second kappa shape index (κ2) is 10.5. The third kappa shape index (κ3) is 4.88. The Morgan fingerprint density at radius 2 is 1.87 bits per heavy atom. The summed E-state index contributed by atoms with van der Waals surface area (Å²) in [5, 5.41) is 6.47. The molecule has 4 atom stereocenters. The molecule has 1 heterocycles. The lowest BCUT2D eigenvalue weighted by atomic mass is 9.85. The molecule has 0 spiro atoms.